The largest absolute Gasteiger partial charge is 0.494 e. The lowest BCUT2D eigenvalue weighted by molar-refractivity contribution is 0.340. The Hall–Kier alpha value is -1.06. The number of ether oxygens (including phenoxy) is 1. The average Bonchev–Trinajstić information content (AvgIpc) is 3.16. The van der Waals surface area contributed by atoms with Gasteiger partial charge in [-0.1, -0.05) is 12.1 Å². The van der Waals surface area contributed by atoms with Crippen molar-refractivity contribution >= 4 is 0 Å². The molecular formula is C14H22N2O. The van der Waals surface area contributed by atoms with Crippen molar-refractivity contribution in [1.82, 2.24) is 10.6 Å². The Kier molecular flexibility index (Phi) is 4.40. The van der Waals surface area contributed by atoms with Gasteiger partial charge < -0.3 is 15.4 Å². The van der Waals surface area contributed by atoms with Crippen LogP contribution in [0.5, 0.6) is 5.75 Å². The SMILES string of the molecule is CCOc1ccc(C(CNC2CC2)NC)cc1. The van der Waals surface area contributed by atoms with Crippen molar-refractivity contribution in [3.05, 3.63) is 29.8 Å². The zero-order chi connectivity index (χ0) is 12.1. The molecule has 1 fully saturated rings. The highest BCUT2D eigenvalue weighted by atomic mass is 16.5. The minimum atomic E-state index is 0.381. The monoisotopic (exact) mass is 234 g/mol. The Bertz CT molecular complexity index is 333. The van der Waals surface area contributed by atoms with Crippen LogP contribution in [0.1, 0.15) is 31.4 Å². The third-order valence-corrected chi connectivity index (χ3v) is 3.13. The number of hydrogen-bond donors (Lipinski definition) is 2. The van der Waals surface area contributed by atoms with Crippen molar-refractivity contribution in [2.45, 2.75) is 31.8 Å². The lowest BCUT2D eigenvalue weighted by Gasteiger charge is -2.17. The van der Waals surface area contributed by atoms with Crippen LogP contribution in [0.2, 0.25) is 0 Å². The van der Waals surface area contributed by atoms with Crippen molar-refractivity contribution in [2.24, 2.45) is 0 Å². The summed E-state index contributed by atoms with van der Waals surface area (Å²) in [6, 6.07) is 9.50. The minimum absolute atomic E-state index is 0.381. The van der Waals surface area contributed by atoms with Crippen LogP contribution >= 0.6 is 0 Å². The van der Waals surface area contributed by atoms with E-state index in [0.717, 1.165) is 24.9 Å². The molecule has 0 saturated heterocycles. The van der Waals surface area contributed by atoms with Gasteiger partial charge in [-0.15, -0.1) is 0 Å². The van der Waals surface area contributed by atoms with Crippen molar-refractivity contribution in [1.29, 1.82) is 0 Å². The number of nitrogens with one attached hydrogen (secondary N) is 2. The first-order valence-electron chi connectivity index (χ1n) is 6.47. The summed E-state index contributed by atoms with van der Waals surface area (Å²) in [6.07, 6.45) is 2.67. The zero-order valence-corrected chi connectivity index (χ0v) is 10.7. The van der Waals surface area contributed by atoms with Gasteiger partial charge in [-0.2, -0.15) is 0 Å². The van der Waals surface area contributed by atoms with Crippen LogP contribution in [0.4, 0.5) is 0 Å². The molecule has 1 aromatic carbocycles. The second-order valence-electron chi connectivity index (χ2n) is 4.53. The number of likely N-dealkylation sites (N-methyl/N-ethyl adjacent to an activating group) is 1. The van der Waals surface area contributed by atoms with E-state index in [-0.39, 0.29) is 0 Å². The van der Waals surface area contributed by atoms with E-state index in [1.54, 1.807) is 0 Å². The van der Waals surface area contributed by atoms with Gasteiger partial charge in [-0.25, -0.2) is 0 Å². The predicted molar refractivity (Wildman–Crippen MR) is 70.4 cm³/mol. The summed E-state index contributed by atoms with van der Waals surface area (Å²) in [6.45, 7) is 3.72. The van der Waals surface area contributed by atoms with Gasteiger partial charge in [0.2, 0.25) is 0 Å². The van der Waals surface area contributed by atoms with E-state index in [1.165, 1.54) is 18.4 Å². The van der Waals surface area contributed by atoms with Gasteiger partial charge in [0.05, 0.1) is 6.61 Å². The molecule has 2 rings (SSSR count). The molecule has 3 nitrogen and oxygen atoms in total. The first-order chi connectivity index (χ1) is 8.33. The quantitative estimate of drug-likeness (QED) is 0.758. The number of benzene rings is 1. The summed E-state index contributed by atoms with van der Waals surface area (Å²) >= 11 is 0. The molecule has 1 unspecified atom stereocenters. The Morgan fingerprint density at radius 3 is 2.53 bits per heavy atom. The maximum Gasteiger partial charge on any atom is 0.119 e. The maximum absolute atomic E-state index is 5.45. The average molecular weight is 234 g/mol. The second-order valence-corrected chi connectivity index (χ2v) is 4.53. The summed E-state index contributed by atoms with van der Waals surface area (Å²) in [5.41, 5.74) is 1.31. The summed E-state index contributed by atoms with van der Waals surface area (Å²) in [4.78, 5) is 0. The van der Waals surface area contributed by atoms with Gasteiger partial charge in [-0.05, 0) is 44.5 Å². The Balaban J connectivity index is 1.92. The molecule has 1 aliphatic carbocycles. The van der Waals surface area contributed by atoms with Crippen LogP contribution in [0.15, 0.2) is 24.3 Å². The third kappa shape index (κ3) is 3.72. The van der Waals surface area contributed by atoms with E-state index in [4.69, 9.17) is 4.74 Å². The first kappa shape index (κ1) is 12.4. The van der Waals surface area contributed by atoms with Gasteiger partial charge in [0.25, 0.3) is 0 Å². The fourth-order valence-corrected chi connectivity index (χ4v) is 1.92. The van der Waals surface area contributed by atoms with E-state index in [0.29, 0.717) is 6.04 Å². The van der Waals surface area contributed by atoms with Crippen molar-refractivity contribution in [3.63, 3.8) is 0 Å². The molecule has 0 aliphatic heterocycles. The van der Waals surface area contributed by atoms with Gasteiger partial charge in [0.15, 0.2) is 0 Å². The van der Waals surface area contributed by atoms with Crippen molar-refractivity contribution in [3.8, 4) is 5.75 Å². The molecule has 0 aromatic heterocycles. The van der Waals surface area contributed by atoms with Gasteiger partial charge in [0, 0.05) is 18.6 Å². The maximum atomic E-state index is 5.45. The standard InChI is InChI=1S/C14H22N2O/c1-3-17-13-8-4-11(5-9-13)14(15-2)10-16-12-6-7-12/h4-5,8-9,12,14-16H,3,6-7,10H2,1-2H3. The molecule has 94 valence electrons. The summed E-state index contributed by atoms with van der Waals surface area (Å²) in [5, 5.41) is 6.90. The summed E-state index contributed by atoms with van der Waals surface area (Å²) in [5.74, 6) is 0.946. The smallest absolute Gasteiger partial charge is 0.119 e. The van der Waals surface area contributed by atoms with E-state index in [1.807, 2.05) is 26.1 Å². The van der Waals surface area contributed by atoms with E-state index < -0.39 is 0 Å². The molecule has 0 amide bonds. The lowest BCUT2D eigenvalue weighted by atomic mass is 10.1. The van der Waals surface area contributed by atoms with Crippen LogP contribution in [-0.2, 0) is 0 Å². The van der Waals surface area contributed by atoms with Crippen LogP contribution in [0.3, 0.4) is 0 Å². The molecule has 3 heteroatoms. The van der Waals surface area contributed by atoms with Gasteiger partial charge in [-0.3, -0.25) is 0 Å². The fourth-order valence-electron chi connectivity index (χ4n) is 1.92. The van der Waals surface area contributed by atoms with Crippen LogP contribution in [-0.4, -0.2) is 26.2 Å². The summed E-state index contributed by atoms with van der Waals surface area (Å²) in [7, 11) is 2.01. The van der Waals surface area contributed by atoms with Crippen LogP contribution in [0.25, 0.3) is 0 Å². The van der Waals surface area contributed by atoms with Crippen molar-refractivity contribution in [2.75, 3.05) is 20.2 Å². The molecular weight excluding hydrogens is 212 g/mol. The molecule has 0 radical (unpaired) electrons. The topological polar surface area (TPSA) is 33.3 Å². The highest BCUT2D eigenvalue weighted by Crippen LogP contribution is 2.21. The molecule has 2 N–H and O–H groups in total. The van der Waals surface area contributed by atoms with E-state index in [2.05, 4.69) is 22.8 Å². The number of hydrogen-bond acceptors (Lipinski definition) is 3. The molecule has 1 aliphatic rings. The molecule has 1 saturated carbocycles. The predicted octanol–water partition coefficient (Wildman–Crippen LogP) is 2.10. The van der Waals surface area contributed by atoms with Crippen LogP contribution in [0, 0.1) is 0 Å². The Morgan fingerprint density at radius 1 is 1.29 bits per heavy atom. The molecule has 17 heavy (non-hydrogen) atoms. The zero-order valence-electron chi connectivity index (χ0n) is 10.7. The lowest BCUT2D eigenvalue weighted by Crippen LogP contribution is -2.30. The fraction of sp³-hybridized carbons (Fsp3) is 0.571. The third-order valence-electron chi connectivity index (χ3n) is 3.13. The normalized spacial score (nSPS) is 16.8. The van der Waals surface area contributed by atoms with Crippen LogP contribution < -0.4 is 15.4 Å². The van der Waals surface area contributed by atoms with E-state index in [9.17, 15) is 0 Å². The van der Waals surface area contributed by atoms with Crippen molar-refractivity contribution < 1.29 is 4.74 Å². The van der Waals surface area contributed by atoms with E-state index >= 15 is 0 Å². The molecule has 0 heterocycles. The Morgan fingerprint density at radius 2 is 2.00 bits per heavy atom. The first-order valence-corrected chi connectivity index (χ1v) is 6.47. The molecule has 0 spiro atoms. The molecule has 1 atom stereocenters. The number of rotatable bonds is 7. The molecule has 1 aromatic rings. The van der Waals surface area contributed by atoms with Gasteiger partial charge in [0.1, 0.15) is 5.75 Å². The second kappa shape index (κ2) is 6.03. The minimum Gasteiger partial charge on any atom is -0.494 e. The highest BCUT2D eigenvalue weighted by molar-refractivity contribution is 5.29. The molecule has 0 bridgehead atoms. The Labute approximate surface area is 104 Å². The van der Waals surface area contributed by atoms with Gasteiger partial charge >= 0.3 is 0 Å². The summed E-state index contributed by atoms with van der Waals surface area (Å²) < 4.78 is 5.45. The highest BCUT2D eigenvalue weighted by Gasteiger charge is 2.21.